The van der Waals surface area contributed by atoms with Gasteiger partial charge in [-0.15, -0.1) is 11.8 Å². The quantitative estimate of drug-likeness (QED) is 0.930. The zero-order valence-corrected chi connectivity index (χ0v) is 13.5. The van der Waals surface area contributed by atoms with Gasteiger partial charge in [-0.1, -0.05) is 25.5 Å². The van der Waals surface area contributed by atoms with Gasteiger partial charge in [-0.05, 0) is 37.9 Å². The van der Waals surface area contributed by atoms with Crippen LogP contribution in [0.15, 0.2) is 29.2 Å². The zero-order valence-electron chi connectivity index (χ0n) is 12.7. The summed E-state index contributed by atoms with van der Waals surface area (Å²) in [7, 11) is 0. The van der Waals surface area contributed by atoms with E-state index in [2.05, 4.69) is 35.3 Å². The molecule has 0 radical (unpaired) electrons. The highest BCUT2D eigenvalue weighted by Gasteiger charge is 2.42. The number of benzene rings is 1. The molecule has 2 aliphatic rings. The smallest absolute Gasteiger partial charge is 0.234 e. The van der Waals surface area contributed by atoms with Crippen molar-refractivity contribution in [1.29, 1.82) is 0 Å². The number of fused-ring (bicyclic) bond motifs is 1. The van der Waals surface area contributed by atoms with E-state index >= 15 is 0 Å². The molecule has 114 valence electrons. The maximum atomic E-state index is 13.3. The number of rotatable bonds is 3. The Bertz CT molecular complexity index is 506. The lowest BCUT2D eigenvalue weighted by molar-refractivity contribution is -0.129. The minimum absolute atomic E-state index is 0.192. The third-order valence-corrected chi connectivity index (χ3v) is 5.67. The Morgan fingerprint density at radius 2 is 2.29 bits per heavy atom. The number of para-hydroxylation sites is 1. The molecule has 0 bridgehead atoms. The fourth-order valence-electron chi connectivity index (χ4n) is 3.62. The molecule has 2 heterocycles. The number of carbonyl (C=O) groups excluding carboxylic acids is 1. The fourth-order valence-corrected chi connectivity index (χ4v) is 4.61. The second kappa shape index (κ2) is 6.41. The molecule has 1 aromatic carbocycles. The normalized spacial score (nSPS) is 25.5. The SMILES string of the molecule is CCCC1(C(=O)N2CCSc3ccccc32)CCCNC1. The number of piperidine rings is 1. The summed E-state index contributed by atoms with van der Waals surface area (Å²) in [5.74, 6) is 1.34. The summed E-state index contributed by atoms with van der Waals surface area (Å²) < 4.78 is 0. The second-order valence-corrected chi connectivity index (χ2v) is 7.22. The highest BCUT2D eigenvalue weighted by atomic mass is 32.2. The Morgan fingerprint density at radius 1 is 1.43 bits per heavy atom. The van der Waals surface area contributed by atoms with Gasteiger partial charge in [0, 0.05) is 23.7 Å². The minimum Gasteiger partial charge on any atom is -0.316 e. The average molecular weight is 304 g/mol. The van der Waals surface area contributed by atoms with Crippen LogP contribution in [0.1, 0.15) is 32.6 Å². The molecule has 21 heavy (non-hydrogen) atoms. The molecule has 1 amide bonds. The Balaban J connectivity index is 1.90. The second-order valence-electron chi connectivity index (χ2n) is 6.08. The molecule has 4 heteroatoms. The number of nitrogens with zero attached hydrogens (tertiary/aromatic N) is 1. The topological polar surface area (TPSA) is 32.3 Å². The predicted molar refractivity (Wildman–Crippen MR) is 89.0 cm³/mol. The van der Waals surface area contributed by atoms with Crippen molar-refractivity contribution in [1.82, 2.24) is 5.32 Å². The number of hydrogen-bond acceptors (Lipinski definition) is 3. The first-order chi connectivity index (χ1) is 10.3. The summed E-state index contributed by atoms with van der Waals surface area (Å²) in [6.07, 6.45) is 4.19. The van der Waals surface area contributed by atoms with Crippen LogP contribution in [0.5, 0.6) is 0 Å². The monoisotopic (exact) mass is 304 g/mol. The van der Waals surface area contributed by atoms with Gasteiger partial charge in [-0.2, -0.15) is 0 Å². The lowest BCUT2D eigenvalue weighted by Crippen LogP contribution is -2.53. The van der Waals surface area contributed by atoms with E-state index in [1.165, 1.54) is 4.90 Å². The van der Waals surface area contributed by atoms with E-state index in [-0.39, 0.29) is 5.41 Å². The summed E-state index contributed by atoms with van der Waals surface area (Å²) >= 11 is 1.86. The van der Waals surface area contributed by atoms with Crippen LogP contribution in [0.4, 0.5) is 5.69 Å². The number of anilines is 1. The molecule has 1 saturated heterocycles. The summed E-state index contributed by atoms with van der Waals surface area (Å²) in [6, 6.07) is 8.32. The van der Waals surface area contributed by atoms with E-state index < -0.39 is 0 Å². The van der Waals surface area contributed by atoms with Gasteiger partial charge in [-0.3, -0.25) is 4.79 Å². The maximum absolute atomic E-state index is 13.3. The lowest BCUT2D eigenvalue weighted by Gasteiger charge is -2.41. The van der Waals surface area contributed by atoms with Crippen molar-refractivity contribution < 1.29 is 4.79 Å². The molecule has 3 nitrogen and oxygen atoms in total. The van der Waals surface area contributed by atoms with Gasteiger partial charge in [0.15, 0.2) is 0 Å². The average Bonchev–Trinajstić information content (AvgIpc) is 2.55. The molecular formula is C17H24N2OS. The third-order valence-electron chi connectivity index (χ3n) is 4.63. The molecule has 1 aromatic rings. The predicted octanol–water partition coefficient (Wildman–Crippen LogP) is 3.30. The van der Waals surface area contributed by atoms with E-state index in [1.807, 2.05) is 17.8 Å². The van der Waals surface area contributed by atoms with Crippen LogP contribution in [0.2, 0.25) is 0 Å². The van der Waals surface area contributed by atoms with Crippen LogP contribution in [-0.4, -0.2) is 31.3 Å². The Hall–Kier alpha value is -1.00. The number of thioether (sulfide) groups is 1. The molecule has 0 aliphatic carbocycles. The fraction of sp³-hybridized carbons (Fsp3) is 0.588. The Morgan fingerprint density at radius 3 is 3.05 bits per heavy atom. The van der Waals surface area contributed by atoms with E-state index in [1.54, 1.807) is 0 Å². The number of nitrogens with one attached hydrogen (secondary N) is 1. The first kappa shape index (κ1) is 14.9. The van der Waals surface area contributed by atoms with Crippen molar-refractivity contribution >= 4 is 23.4 Å². The van der Waals surface area contributed by atoms with Gasteiger partial charge in [0.2, 0.25) is 5.91 Å². The number of amides is 1. The molecule has 3 rings (SSSR count). The van der Waals surface area contributed by atoms with Crippen LogP contribution in [0.3, 0.4) is 0 Å². The van der Waals surface area contributed by atoms with Crippen molar-refractivity contribution in [2.45, 2.75) is 37.5 Å². The van der Waals surface area contributed by atoms with Crippen LogP contribution in [-0.2, 0) is 4.79 Å². The molecule has 0 spiro atoms. The molecule has 0 saturated carbocycles. The van der Waals surface area contributed by atoms with E-state index in [0.717, 1.165) is 56.8 Å². The van der Waals surface area contributed by atoms with Gasteiger partial charge < -0.3 is 10.2 Å². The van der Waals surface area contributed by atoms with Crippen molar-refractivity contribution in [2.24, 2.45) is 5.41 Å². The largest absolute Gasteiger partial charge is 0.316 e. The minimum atomic E-state index is -0.192. The standard InChI is InChI=1S/C17H24N2OS/c1-2-8-17(9-5-10-18-13-17)16(20)19-11-12-21-15-7-4-3-6-14(15)19/h3-4,6-7,18H,2,5,8-13H2,1H3. The molecule has 0 aromatic heterocycles. The molecule has 2 aliphatic heterocycles. The van der Waals surface area contributed by atoms with Crippen molar-refractivity contribution in [3.05, 3.63) is 24.3 Å². The van der Waals surface area contributed by atoms with E-state index in [9.17, 15) is 4.79 Å². The number of carbonyl (C=O) groups is 1. The van der Waals surface area contributed by atoms with Crippen LogP contribution < -0.4 is 10.2 Å². The van der Waals surface area contributed by atoms with Gasteiger partial charge in [0.25, 0.3) is 0 Å². The Labute approximate surface area is 131 Å². The van der Waals surface area contributed by atoms with Gasteiger partial charge in [0.05, 0.1) is 11.1 Å². The molecular weight excluding hydrogens is 280 g/mol. The summed E-state index contributed by atoms with van der Waals surface area (Å²) in [5, 5.41) is 3.45. The van der Waals surface area contributed by atoms with Crippen molar-refractivity contribution in [2.75, 3.05) is 30.3 Å². The van der Waals surface area contributed by atoms with E-state index in [4.69, 9.17) is 0 Å². The van der Waals surface area contributed by atoms with E-state index in [0.29, 0.717) is 5.91 Å². The van der Waals surface area contributed by atoms with Crippen LogP contribution in [0, 0.1) is 5.41 Å². The first-order valence-electron chi connectivity index (χ1n) is 8.01. The highest BCUT2D eigenvalue weighted by molar-refractivity contribution is 7.99. The van der Waals surface area contributed by atoms with Crippen molar-refractivity contribution in [3.63, 3.8) is 0 Å². The first-order valence-corrected chi connectivity index (χ1v) is 9.00. The van der Waals surface area contributed by atoms with Gasteiger partial charge in [-0.25, -0.2) is 0 Å². The lowest BCUT2D eigenvalue weighted by atomic mass is 9.75. The van der Waals surface area contributed by atoms with Crippen LogP contribution in [0.25, 0.3) is 0 Å². The highest BCUT2D eigenvalue weighted by Crippen LogP contribution is 2.40. The molecule has 1 fully saturated rings. The van der Waals surface area contributed by atoms with Gasteiger partial charge >= 0.3 is 0 Å². The summed E-state index contributed by atoms with van der Waals surface area (Å²) in [4.78, 5) is 16.6. The molecule has 1 unspecified atom stereocenters. The summed E-state index contributed by atoms with van der Waals surface area (Å²) in [6.45, 7) is 4.91. The molecule has 1 atom stereocenters. The zero-order chi connectivity index (χ0) is 14.7. The Kier molecular flexibility index (Phi) is 4.55. The number of hydrogen-bond donors (Lipinski definition) is 1. The van der Waals surface area contributed by atoms with Crippen LogP contribution >= 0.6 is 11.8 Å². The van der Waals surface area contributed by atoms with Crippen molar-refractivity contribution in [3.8, 4) is 0 Å². The maximum Gasteiger partial charge on any atom is 0.234 e. The summed E-state index contributed by atoms with van der Waals surface area (Å²) in [5.41, 5.74) is 0.919. The third kappa shape index (κ3) is 2.84. The molecule has 1 N–H and O–H groups in total. The van der Waals surface area contributed by atoms with Gasteiger partial charge in [0.1, 0.15) is 0 Å².